The minimum Gasteiger partial charge on any atom is -0.370 e. The number of aromatic amines is 1. The van der Waals surface area contributed by atoms with Crippen LogP contribution in [0.4, 0.5) is 11.4 Å². The van der Waals surface area contributed by atoms with Gasteiger partial charge in [-0.15, -0.1) is 10.2 Å². The van der Waals surface area contributed by atoms with E-state index in [9.17, 15) is 10.1 Å². The Bertz CT molecular complexity index is 603. The third kappa shape index (κ3) is 2.91. The first-order valence-electron chi connectivity index (χ1n) is 5.12. The van der Waals surface area contributed by atoms with Crippen LogP contribution in [-0.4, -0.2) is 25.5 Å². The van der Waals surface area contributed by atoms with Gasteiger partial charge in [0, 0.05) is 6.07 Å². The average Bonchev–Trinajstić information content (AvgIpc) is 2.86. The second kappa shape index (κ2) is 5.37. The minimum absolute atomic E-state index is 0.117. The topological polar surface area (TPSA) is 110 Å². The van der Waals surface area contributed by atoms with E-state index in [2.05, 4.69) is 25.9 Å². The summed E-state index contributed by atoms with van der Waals surface area (Å²) < 4.78 is 0. The monoisotopic (exact) mass is 302 g/mol. The molecular formula is C9H8Cl2N6O2. The molecule has 0 aliphatic rings. The highest BCUT2D eigenvalue weighted by atomic mass is 35.5. The number of nitrogens with one attached hydrogen (secondary N) is 2. The second-order valence-corrected chi connectivity index (χ2v) is 4.49. The van der Waals surface area contributed by atoms with Gasteiger partial charge in [0.05, 0.1) is 21.0 Å². The molecule has 1 unspecified atom stereocenters. The fourth-order valence-electron chi connectivity index (χ4n) is 1.45. The number of H-pyrrole nitrogens is 1. The van der Waals surface area contributed by atoms with Crippen LogP contribution in [0.1, 0.15) is 18.8 Å². The number of nitro benzene ring substituents is 1. The number of benzene rings is 1. The van der Waals surface area contributed by atoms with Crippen molar-refractivity contribution in [3.63, 3.8) is 0 Å². The molecule has 8 nitrogen and oxygen atoms in total. The zero-order valence-corrected chi connectivity index (χ0v) is 11.1. The molecule has 0 radical (unpaired) electrons. The minimum atomic E-state index is -0.548. The summed E-state index contributed by atoms with van der Waals surface area (Å²) in [6.07, 6.45) is 0. The lowest BCUT2D eigenvalue weighted by Gasteiger charge is -2.12. The van der Waals surface area contributed by atoms with Gasteiger partial charge in [-0.3, -0.25) is 10.1 Å². The van der Waals surface area contributed by atoms with Crippen molar-refractivity contribution in [1.82, 2.24) is 20.6 Å². The predicted octanol–water partition coefficient (Wildman–Crippen LogP) is 2.59. The summed E-state index contributed by atoms with van der Waals surface area (Å²) in [4.78, 5) is 10.4. The molecule has 0 bridgehead atoms. The number of hydrogen-bond acceptors (Lipinski definition) is 6. The van der Waals surface area contributed by atoms with Gasteiger partial charge in [-0.25, -0.2) is 0 Å². The highest BCUT2D eigenvalue weighted by Gasteiger charge is 2.20. The highest BCUT2D eigenvalue weighted by molar-refractivity contribution is 6.42. The first-order chi connectivity index (χ1) is 8.99. The summed E-state index contributed by atoms with van der Waals surface area (Å²) in [6, 6.07) is 2.20. The quantitative estimate of drug-likeness (QED) is 0.663. The van der Waals surface area contributed by atoms with E-state index >= 15 is 0 Å². The van der Waals surface area contributed by atoms with Crippen LogP contribution in [0.15, 0.2) is 12.1 Å². The molecule has 100 valence electrons. The number of hydrogen-bond donors (Lipinski definition) is 2. The van der Waals surface area contributed by atoms with E-state index in [1.54, 1.807) is 6.92 Å². The number of halogens is 2. The Labute approximate surface area is 117 Å². The van der Waals surface area contributed by atoms with Gasteiger partial charge in [-0.1, -0.05) is 28.4 Å². The van der Waals surface area contributed by atoms with E-state index in [4.69, 9.17) is 23.2 Å². The lowest BCUT2D eigenvalue weighted by Crippen LogP contribution is -2.10. The van der Waals surface area contributed by atoms with Crippen LogP contribution in [0.2, 0.25) is 10.0 Å². The molecule has 0 amide bonds. The zero-order valence-electron chi connectivity index (χ0n) is 9.59. The number of rotatable bonds is 4. The Morgan fingerprint density at radius 3 is 2.68 bits per heavy atom. The summed E-state index contributed by atoms with van der Waals surface area (Å²) in [6.45, 7) is 1.73. The zero-order chi connectivity index (χ0) is 14.0. The summed E-state index contributed by atoms with van der Waals surface area (Å²) in [5.41, 5.74) is 0.0569. The molecule has 0 saturated carbocycles. The predicted molar refractivity (Wildman–Crippen MR) is 69.3 cm³/mol. The van der Waals surface area contributed by atoms with Crippen LogP contribution >= 0.6 is 23.2 Å². The van der Waals surface area contributed by atoms with Crippen molar-refractivity contribution < 1.29 is 4.92 Å². The Kier molecular flexibility index (Phi) is 3.82. The first-order valence-corrected chi connectivity index (χ1v) is 5.88. The van der Waals surface area contributed by atoms with E-state index < -0.39 is 4.92 Å². The summed E-state index contributed by atoms with van der Waals surface area (Å²) in [5.74, 6) is 0.375. The van der Waals surface area contributed by atoms with Crippen molar-refractivity contribution in [1.29, 1.82) is 0 Å². The molecule has 0 aliphatic heterocycles. The van der Waals surface area contributed by atoms with E-state index in [-0.39, 0.29) is 27.5 Å². The van der Waals surface area contributed by atoms with Gasteiger partial charge in [-0.05, 0) is 13.0 Å². The Morgan fingerprint density at radius 1 is 1.42 bits per heavy atom. The lowest BCUT2D eigenvalue weighted by molar-refractivity contribution is -0.384. The van der Waals surface area contributed by atoms with Crippen LogP contribution in [0.5, 0.6) is 0 Å². The highest BCUT2D eigenvalue weighted by Crippen LogP contribution is 2.35. The standard InChI is InChI=1S/C9H8Cl2N6O2/c1-4(9-13-15-16-14-9)12-7-2-5(10)6(11)3-8(7)17(18)19/h2-4,12H,1H3,(H,13,14,15,16). The fourth-order valence-corrected chi connectivity index (χ4v) is 1.78. The van der Waals surface area contributed by atoms with Gasteiger partial charge in [-0.2, -0.15) is 5.21 Å². The Morgan fingerprint density at radius 2 is 2.11 bits per heavy atom. The van der Waals surface area contributed by atoms with Crippen molar-refractivity contribution in [2.75, 3.05) is 5.32 Å². The summed E-state index contributed by atoms with van der Waals surface area (Å²) in [5, 5.41) is 27.5. The van der Waals surface area contributed by atoms with Crippen LogP contribution in [-0.2, 0) is 0 Å². The van der Waals surface area contributed by atoms with Crippen molar-refractivity contribution >= 4 is 34.6 Å². The van der Waals surface area contributed by atoms with Gasteiger partial charge in [0.15, 0.2) is 5.82 Å². The van der Waals surface area contributed by atoms with E-state index in [1.807, 2.05) is 0 Å². The SMILES string of the molecule is CC(Nc1cc(Cl)c(Cl)cc1[N+](=O)[O-])c1nn[nH]n1. The van der Waals surface area contributed by atoms with Gasteiger partial charge >= 0.3 is 0 Å². The second-order valence-electron chi connectivity index (χ2n) is 3.68. The van der Waals surface area contributed by atoms with E-state index in [0.717, 1.165) is 0 Å². The van der Waals surface area contributed by atoms with Crippen molar-refractivity contribution in [3.05, 3.63) is 38.1 Å². The molecule has 0 saturated heterocycles. The maximum absolute atomic E-state index is 11.0. The van der Waals surface area contributed by atoms with E-state index in [1.165, 1.54) is 12.1 Å². The van der Waals surface area contributed by atoms with Crippen LogP contribution < -0.4 is 5.32 Å². The van der Waals surface area contributed by atoms with Crippen molar-refractivity contribution in [2.24, 2.45) is 0 Å². The number of nitro groups is 1. The molecule has 1 aromatic heterocycles. The third-order valence-electron chi connectivity index (χ3n) is 2.36. The fraction of sp³-hybridized carbons (Fsp3) is 0.222. The lowest BCUT2D eigenvalue weighted by atomic mass is 10.2. The molecule has 10 heteroatoms. The summed E-state index contributed by atoms with van der Waals surface area (Å²) >= 11 is 11.6. The molecule has 2 aromatic rings. The van der Waals surface area contributed by atoms with Crippen LogP contribution in [0.25, 0.3) is 0 Å². The van der Waals surface area contributed by atoms with Crippen LogP contribution in [0.3, 0.4) is 0 Å². The van der Waals surface area contributed by atoms with Crippen LogP contribution in [0, 0.1) is 10.1 Å². The van der Waals surface area contributed by atoms with Gasteiger partial charge in [0.2, 0.25) is 0 Å². The third-order valence-corrected chi connectivity index (χ3v) is 3.08. The molecule has 1 aromatic carbocycles. The largest absolute Gasteiger partial charge is 0.370 e. The smallest absolute Gasteiger partial charge is 0.293 e. The first kappa shape index (κ1) is 13.5. The van der Waals surface area contributed by atoms with Gasteiger partial charge < -0.3 is 5.32 Å². The molecule has 0 aliphatic carbocycles. The number of anilines is 1. The van der Waals surface area contributed by atoms with Gasteiger partial charge in [0.25, 0.3) is 5.69 Å². The molecule has 2 N–H and O–H groups in total. The van der Waals surface area contributed by atoms with E-state index in [0.29, 0.717) is 5.82 Å². The van der Waals surface area contributed by atoms with Crippen molar-refractivity contribution in [3.8, 4) is 0 Å². The van der Waals surface area contributed by atoms with Crippen molar-refractivity contribution in [2.45, 2.75) is 13.0 Å². The van der Waals surface area contributed by atoms with Gasteiger partial charge in [0.1, 0.15) is 5.69 Å². The molecule has 2 rings (SSSR count). The molecule has 19 heavy (non-hydrogen) atoms. The maximum atomic E-state index is 11.0. The summed E-state index contributed by atoms with van der Waals surface area (Å²) in [7, 11) is 0. The maximum Gasteiger partial charge on any atom is 0.293 e. The molecule has 0 spiro atoms. The molecular weight excluding hydrogens is 295 g/mol. The Balaban J connectivity index is 2.33. The normalized spacial score (nSPS) is 12.2. The number of tetrazole rings is 1. The number of nitrogens with zero attached hydrogens (tertiary/aromatic N) is 4. The molecule has 0 fully saturated rings. The number of aromatic nitrogens is 4. The Hall–Kier alpha value is -1.93. The molecule has 1 heterocycles. The molecule has 1 atom stereocenters. The average molecular weight is 303 g/mol.